The van der Waals surface area contributed by atoms with Crippen LogP contribution in [0, 0.1) is 7.14 Å². The zero-order valence-electron chi connectivity index (χ0n) is 12.1. The zero-order chi connectivity index (χ0) is 16.8. The lowest BCUT2D eigenvalue weighted by Gasteiger charge is -2.09. The fraction of sp³-hybridized carbons (Fsp3) is 0. The first-order valence-corrected chi connectivity index (χ1v) is 9.68. The molecule has 5 heteroatoms. The standard InChI is InChI=1S/C19H9ClI2O2/c20-15-6-5-13(11-3-1-2-4-12(11)15)18-9-17(23)14-7-10(21)8-16(22)19(14)24-18/h1-9H. The molecule has 3 aromatic carbocycles. The van der Waals surface area contributed by atoms with Crippen molar-refractivity contribution in [2.45, 2.75) is 0 Å². The fourth-order valence-electron chi connectivity index (χ4n) is 2.79. The molecule has 0 unspecified atom stereocenters. The highest BCUT2D eigenvalue weighted by Crippen LogP contribution is 2.34. The number of rotatable bonds is 1. The van der Waals surface area contributed by atoms with E-state index in [0.29, 0.717) is 21.8 Å². The summed E-state index contributed by atoms with van der Waals surface area (Å²) in [7, 11) is 0. The minimum atomic E-state index is -0.0401. The maximum Gasteiger partial charge on any atom is 0.193 e. The third-order valence-corrected chi connectivity index (χ3v) is 5.64. The molecule has 0 atom stereocenters. The monoisotopic (exact) mass is 558 g/mol. The van der Waals surface area contributed by atoms with Crippen LogP contribution in [0.2, 0.25) is 5.02 Å². The van der Waals surface area contributed by atoms with Gasteiger partial charge in [-0.1, -0.05) is 35.9 Å². The van der Waals surface area contributed by atoms with Crippen LogP contribution in [0.5, 0.6) is 0 Å². The van der Waals surface area contributed by atoms with Crippen LogP contribution < -0.4 is 5.43 Å². The Morgan fingerprint density at radius 3 is 2.42 bits per heavy atom. The largest absolute Gasteiger partial charge is 0.455 e. The molecule has 0 spiro atoms. The summed E-state index contributed by atoms with van der Waals surface area (Å²) in [6.07, 6.45) is 0. The summed E-state index contributed by atoms with van der Waals surface area (Å²) in [5.74, 6) is 0.555. The molecule has 4 rings (SSSR count). The van der Waals surface area contributed by atoms with Gasteiger partial charge in [0.15, 0.2) is 11.0 Å². The Kier molecular flexibility index (Phi) is 4.30. The molecule has 1 heterocycles. The van der Waals surface area contributed by atoms with Gasteiger partial charge in [-0.3, -0.25) is 4.79 Å². The summed E-state index contributed by atoms with van der Waals surface area (Å²) >= 11 is 10.7. The topological polar surface area (TPSA) is 30.2 Å². The molecule has 2 nitrogen and oxygen atoms in total. The molecule has 0 saturated heterocycles. The molecule has 1 aromatic heterocycles. The van der Waals surface area contributed by atoms with Crippen LogP contribution >= 0.6 is 56.8 Å². The van der Waals surface area contributed by atoms with Crippen molar-refractivity contribution < 1.29 is 4.42 Å². The van der Waals surface area contributed by atoms with E-state index in [1.54, 1.807) is 6.07 Å². The Labute approximate surface area is 170 Å². The number of benzene rings is 3. The summed E-state index contributed by atoms with van der Waals surface area (Å²) in [5.41, 5.74) is 1.45. The normalized spacial score (nSPS) is 11.3. The van der Waals surface area contributed by atoms with Crippen molar-refractivity contribution in [2.75, 3.05) is 0 Å². The van der Waals surface area contributed by atoms with Crippen LogP contribution in [0.25, 0.3) is 33.1 Å². The Hall–Kier alpha value is -1.12. The van der Waals surface area contributed by atoms with Gasteiger partial charge in [0.25, 0.3) is 0 Å². The predicted octanol–water partition coefficient (Wildman–Crippen LogP) is 6.48. The van der Waals surface area contributed by atoms with Gasteiger partial charge in [0.2, 0.25) is 0 Å². The van der Waals surface area contributed by atoms with Crippen LogP contribution in [0.4, 0.5) is 0 Å². The Morgan fingerprint density at radius 2 is 1.62 bits per heavy atom. The van der Waals surface area contributed by atoms with Crippen molar-refractivity contribution in [3.8, 4) is 11.3 Å². The van der Waals surface area contributed by atoms with Crippen LogP contribution in [0.15, 0.2) is 63.8 Å². The van der Waals surface area contributed by atoms with Gasteiger partial charge in [-0.15, -0.1) is 0 Å². The van der Waals surface area contributed by atoms with Crippen molar-refractivity contribution in [3.05, 3.63) is 77.0 Å². The van der Waals surface area contributed by atoms with Crippen molar-refractivity contribution in [1.29, 1.82) is 0 Å². The highest BCUT2D eigenvalue weighted by molar-refractivity contribution is 14.1. The highest BCUT2D eigenvalue weighted by Gasteiger charge is 2.13. The summed E-state index contributed by atoms with van der Waals surface area (Å²) < 4.78 is 8.05. The van der Waals surface area contributed by atoms with E-state index in [-0.39, 0.29) is 5.43 Å². The fourth-order valence-corrected chi connectivity index (χ4v) is 4.98. The molecule has 0 aliphatic rings. The van der Waals surface area contributed by atoms with Crippen molar-refractivity contribution in [3.63, 3.8) is 0 Å². The lowest BCUT2D eigenvalue weighted by atomic mass is 10.0. The molecule has 0 bridgehead atoms. The van der Waals surface area contributed by atoms with E-state index in [0.717, 1.165) is 23.5 Å². The molecule has 4 aromatic rings. The third kappa shape index (κ3) is 2.74. The number of hydrogen-bond donors (Lipinski definition) is 0. The first-order valence-electron chi connectivity index (χ1n) is 7.15. The summed E-state index contributed by atoms with van der Waals surface area (Å²) in [5, 5.41) is 3.19. The third-order valence-electron chi connectivity index (χ3n) is 3.88. The molecule has 0 radical (unpaired) electrons. The lowest BCUT2D eigenvalue weighted by Crippen LogP contribution is -2.02. The van der Waals surface area contributed by atoms with Gasteiger partial charge < -0.3 is 4.42 Å². The average molecular weight is 559 g/mol. The van der Waals surface area contributed by atoms with Gasteiger partial charge in [-0.05, 0) is 74.8 Å². The van der Waals surface area contributed by atoms with E-state index in [2.05, 4.69) is 45.2 Å². The average Bonchev–Trinajstić information content (AvgIpc) is 2.56. The summed E-state index contributed by atoms with van der Waals surface area (Å²) in [4.78, 5) is 12.6. The highest BCUT2D eigenvalue weighted by atomic mass is 127. The first-order chi connectivity index (χ1) is 11.5. The Bertz CT molecular complexity index is 1170. The van der Waals surface area contributed by atoms with E-state index in [1.165, 1.54) is 0 Å². The van der Waals surface area contributed by atoms with Crippen molar-refractivity contribution >= 4 is 78.5 Å². The Balaban J connectivity index is 2.08. The van der Waals surface area contributed by atoms with Crippen LogP contribution in [0.1, 0.15) is 0 Å². The van der Waals surface area contributed by atoms with E-state index >= 15 is 0 Å². The lowest BCUT2D eigenvalue weighted by molar-refractivity contribution is 0.617. The number of hydrogen-bond acceptors (Lipinski definition) is 2. The molecule has 24 heavy (non-hydrogen) atoms. The molecule has 0 N–H and O–H groups in total. The van der Waals surface area contributed by atoms with E-state index in [9.17, 15) is 4.79 Å². The molecule has 0 amide bonds. The molecule has 118 valence electrons. The van der Waals surface area contributed by atoms with Gasteiger partial charge in [-0.25, -0.2) is 0 Å². The number of fused-ring (bicyclic) bond motifs is 2. The zero-order valence-corrected chi connectivity index (χ0v) is 17.2. The molecule has 0 aliphatic carbocycles. The van der Waals surface area contributed by atoms with Crippen LogP contribution in [-0.2, 0) is 0 Å². The maximum atomic E-state index is 12.6. The SMILES string of the molecule is O=c1cc(-c2ccc(Cl)c3ccccc23)oc2c(I)cc(I)cc12. The van der Waals surface area contributed by atoms with Crippen molar-refractivity contribution in [1.82, 2.24) is 0 Å². The van der Waals surface area contributed by atoms with E-state index in [1.807, 2.05) is 48.5 Å². The molecular weight excluding hydrogens is 549 g/mol. The second-order valence-electron chi connectivity index (χ2n) is 5.38. The minimum Gasteiger partial charge on any atom is -0.455 e. The molecular formula is C19H9ClI2O2. The van der Waals surface area contributed by atoms with Gasteiger partial charge >= 0.3 is 0 Å². The van der Waals surface area contributed by atoms with Crippen LogP contribution in [0.3, 0.4) is 0 Å². The van der Waals surface area contributed by atoms with Crippen molar-refractivity contribution in [2.24, 2.45) is 0 Å². The first kappa shape index (κ1) is 16.4. The minimum absolute atomic E-state index is 0.0401. The quantitative estimate of drug-likeness (QED) is 0.251. The number of halogens is 3. The van der Waals surface area contributed by atoms with Gasteiger partial charge in [0, 0.05) is 25.6 Å². The smallest absolute Gasteiger partial charge is 0.193 e. The maximum absolute atomic E-state index is 12.6. The Morgan fingerprint density at radius 1 is 0.875 bits per heavy atom. The van der Waals surface area contributed by atoms with Crippen LogP contribution in [-0.4, -0.2) is 0 Å². The van der Waals surface area contributed by atoms with Gasteiger partial charge in [-0.2, -0.15) is 0 Å². The summed E-state index contributed by atoms with van der Waals surface area (Å²) in [6, 6.07) is 17.0. The second-order valence-corrected chi connectivity index (χ2v) is 8.19. The molecule has 0 saturated carbocycles. The van der Waals surface area contributed by atoms with Gasteiger partial charge in [0.05, 0.1) is 8.96 Å². The predicted molar refractivity (Wildman–Crippen MR) is 116 cm³/mol. The molecule has 0 aliphatic heterocycles. The molecule has 0 fully saturated rings. The van der Waals surface area contributed by atoms with E-state index in [4.69, 9.17) is 16.0 Å². The van der Waals surface area contributed by atoms with Gasteiger partial charge in [0.1, 0.15) is 5.76 Å². The van der Waals surface area contributed by atoms with E-state index < -0.39 is 0 Å². The summed E-state index contributed by atoms with van der Waals surface area (Å²) in [6.45, 7) is 0. The second kappa shape index (κ2) is 6.31.